The van der Waals surface area contributed by atoms with E-state index >= 15 is 0 Å². The van der Waals surface area contributed by atoms with Gasteiger partial charge in [-0.3, -0.25) is 0 Å². The van der Waals surface area contributed by atoms with E-state index < -0.39 is 15.1 Å². The van der Waals surface area contributed by atoms with Crippen molar-refractivity contribution in [3.63, 3.8) is 0 Å². The minimum Gasteiger partial charge on any atom is -0.486 e. The molecular formula is C15H23NO4S. The lowest BCUT2D eigenvalue weighted by atomic mass is 10.0. The molecule has 0 saturated carbocycles. The van der Waals surface area contributed by atoms with Crippen molar-refractivity contribution in [3.05, 3.63) is 23.8 Å². The molecule has 0 spiro atoms. The van der Waals surface area contributed by atoms with Gasteiger partial charge in [-0.15, -0.1) is 0 Å². The standard InChI is InChI=1S/C15H23NO4S/c1-4-7-16-15(11(2)21(3,17)18)12-5-6-13-14(10-12)20-9-8-19-13/h5-6,10-11,15-16H,4,7-9H2,1-3H3. The molecule has 0 fully saturated rings. The fourth-order valence-electron chi connectivity index (χ4n) is 2.36. The first kappa shape index (κ1) is 16.1. The highest BCUT2D eigenvalue weighted by molar-refractivity contribution is 7.91. The Labute approximate surface area is 126 Å². The lowest BCUT2D eigenvalue weighted by molar-refractivity contribution is 0.171. The Morgan fingerprint density at radius 1 is 1.24 bits per heavy atom. The Balaban J connectivity index is 2.31. The third kappa shape index (κ3) is 3.89. The van der Waals surface area contributed by atoms with Gasteiger partial charge in [0.05, 0.1) is 5.25 Å². The molecule has 2 atom stereocenters. The van der Waals surface area contributed by atoms with E-state index in [4.69, 9.17) is 9.47 Å². The van der Waals surface area contributed by atoms with Crippen molar-refractivity contribution in [3.8, 4) is 11.5 Å². The number of sulfone groups is 1. The highest BCUT2D eigenvalue weighted by Crippen LogP contribution is 2.34. The lowest BCUT2D eigenvalue weighted by Gasteiger charge is -2.26. The van der Waals surface area contributed by atoms with Crippen LogP contribution in [0.1, 0.15) is 31.9 Å². The summed E-state index contributed by atoms with van der Waals surface area (Å²) >= 11 is 0. The second-order valence-electron chi connectivity index (χ2n) is 5.37. The van der Waals surface area contributed by atoms with Crippen LogP contribution in [0.25, 0.3) is 0 Å². The second-order valence-corrected chi connectivity index (χ2v) is 7.77. The van der Waals surface area contributed by atoms with E-state index in [9.17, 15) is 8.42 Å². The molecule has 0 saturated heterocycles. The second kappa shape index (κ2) is 6.66. The summed E-state index contributed by atoms with van der Waals surface area (Å²) in [6.45, 7) is 5.62. The van der Waals surface area contributed by atoms with Crippen LogP contribution >= 0.6 is 0 Å². The van der Waals surface area contributed by atoms with Gasteiger partial charge in [0.2, 0.25) is 0 Å². The zero-order valence-corrected chi connectivity index (χ0v) is 13.6. The molecule has 2 rings (SSSR count). The molecule has 1 heterocycles. The molecule has 0 bridgehead atoms. The SMILES string of the molecule is CCCNC(c1ccc2c(c1)OCCO2)C(C)S(C)(=O)=O. The predicted octanol–water partition coefficient (Wildman–Crippen LogP) is 1.93. The molecule has 0 aromatic heterocycles. The largest absolute Gasteiger partial charge is 0.486 e. The molecule has 1 aromatic rings. The number of rotatable bonds is 6. The number of hydrogen-bond acceptors (Lipinski definition) is 5. The van der Waals surface area contributed by atoms with E-state index in [0.717, 1.165) is 18.5 Å². The van der Waals surface area contributed by atoms with Crippen molar-refractivity contribution < 1.29 is 17.9 Å². The molecule has 118 valence electrons. The van der Waals surface area contributed by atoms with Crippen LogP contribution in [0.3, 0.4) is 0 Å². The van der Waals surface area contributed by atoms with E-state index in [-0.39, 0.29) is 6.04 Å². The van der Waals surface area contributed by atoms with Crippen molar-refractivity contribution >= 4 is 9.84 Å². The molecule has 6 heteroatoms. The molecule has 0 amide bonds. The topological polar surface area (TPSA) is 64.6 Å². The van der Waals surface area contributed by atoms with Crippen molar-refractivity contribution in [1.82, 2.24) is 5.32 Å². The van der Waals surface area contributed by atoms with E-state index in [2.05, 4.69) is 12.2 Å². The average molecular weight is 313 g/mol. The van der Waals surface area contributed by atoms with Gasteiger partial charge in [0, 0.05) is 12.3 Å². The molecular weight excluding hydrogens is 290 g/mol. The summed E-state index contributed by atoms with van der Waals surface area (Å²) in [5.74, 6) is 1.40. The lowest BCUT2D eigenvalue weighted by Crippen LogP contribution is -2.35. The van der Waals surface area contributed by atoms with E-state index in [1.807, 2.05) is 18.2 Å². The van der Waals surface area contributed by atoms with E-state index in [1.165, 1.54) is 6.26 Å². The summed E-state index contributed by atoms with van der Waals surface area (Å²) in [6, 6.07) is 5.38. The quantitative estimate of drug-likeness (QED) is 0.869. The first-order valence-corrected chi connectivity index (χ1v) is 9.20. The highest BCUT2D eigenvalue weighted by atomic mass is 32.2. The fraction of sp³-hybridized carbons (Fsp3) is 0.600. The molecule has 5 nitrogen and oxygen atoms in total. The van der Waals surface area contributed by atoms with E-state index in [1.54, 1.807) is 6.92 Å². The first-order chi connectivity index (χ1) is 9.93. The number of ether oxygens (including phenoxy) is 2. The van der Waals surface area contributed by atoms with E-state index in [0.29, 0.717) is 24.7 Å². The molecule has 1 aliphatic rings. The Kier molecular flexibility index (Phi) is 5.11. The van der Waals surface area contributed by atoms with Crippen molar-refractivity contribution in [2.24, 2.45) is 0 Å². The third-order valence-corrected chi connectivity index (χ3v) is 5.31. The minimum absolute atomic E-state index is 0.254. The summed E-state index contributed by atoms with van der Waals surface area (Å²) in [7, 11) is -3.14. The Morgan fingerprint density at radius 2 is 1.90 bits per heavy atom. The Morgan fingerprint density at radius 3 is 2.52 bits per heavy atom. The van der Waals surface area contributed by atoms with Crippen LogP contribution in [0.5, 0.6) is 11.5 Å². The van der Waals surface area contributed by atoms with Crippen molar-refractivity contribution in [1.29, 1.82) is 0 Å². The predicted molar refractivity (Wildman–Crippen MR) is 82.8 cm³/mol. The monoisotopic (exact) mass is 313 g/mol. The smallest absolute Gasteiger partial charge is 0.161 e. The minimum atomic E-state index is -3.14. The summed E-state index contributed by atoms with van der Waals surface area (Å²) in [5.41, 5.74) is 0.908. The van der Waals surface area contributed by atoms with Crippen LogP contribution in [0.4, 0.5) is 0 Å². The Bertz CT molecular complexity index is 585. The van der Waals surface area contributed by atoms with Gasteiger partial charge in [-0.05, 0) is 37.6 Å². The molecule has 0 radical (unpaired) electrons. The molecule has 21 heavy (non-hydrogen) atoms. The highest BCUT2D eigenvalue weighted by Gasteiger charge is 2.28. The van der Waals surface area contributed by atoms with Gasteiger partial charge in [-0.2, -0.15) is 0 Å². The average Bonchev–Trinajstić information content (AvgIpc) is 2.46. The number of benzene rings is 1. The summed E-state index contributed by atoms with van der Waals surface area (Å²) in [6.07, 6.45) is 2.22. The van der Waals surface area contributed by atoms with Crippen LogP contribution < -0.4 is 14.8 Å². The maximum Gasteiger partial charge on any atom is 0.161 e. The van der Waals surface area contributed by atoms with Crippen molar-refractivity contribution in [2.45, 2.75) is 31.6 Å². The molecule has 0 aliphatic carbocycles. The summed E-state index contributed by atoms with van der Waals surface area (Å²) in [5, 5.41) is 2.82. The molecule has 1 aliphatic heterocycles. The zero-order valence-electron chi connectivity index (χ0n) is 12.8. The van der Waals surface area contributed by atoms with Crippen molar-refractivity contribution in [2.75, 3.05) is 26.0 Å². The summed E-state index contributed by atoms with van der Waals surface area (Å²) < 4.78 is 34.9. The maximum absolute atomic E-state index is 11.9. The van der Waals surface area contributed by atoms with Gasteiger partial charge >= 0.3 is 0 Å². The number of nitrogens with one attached hydrogen (secondary N) is 1. The summed E-state index contributed by atoms with van der Waals surface area (Å²) in [4.78, 5) is 0. The van der Waals surface area contributed by atoms with Gasteiger partial charge < -0.3 is 14.8 Å². The number of fused-ring (bicyclic) bond motifs is 1. The van der Waals surface area contributed by atoms with Gasteiger partial charge in [-0.1, -0.05) is 13.0 Å². The van der Waals surface area contributed by atoms with Crippen LogP contribution in [0.2, 0.25) is 0 Å². The van der Waals surface area contributed by atoms with Crippen LogP contribution in [-0.4, -0.2) is 39.7 Å². The first-order valence-electron chi connectivity index (χ1n) is 7.25. The fourth-order valence-corrected chi connectivity index (χ4v) is 3.10. The molecule has 2 unspecified atom stereocenters. The Hall–Kier alpha value is -1.27. The van der Waals surface area contributed by atoms with Gasteiger partial charge in [0.1, 0.15) is 13.2 Å². The maximum atomic E-state index is 11.9. The van der Waals surface area contributed by atoms with Crippen LogP contribution in [0.15, 0.2) is 18.2 Å². The molecule has 1 N–H and O–H groups in total. The zero-order chi connectivity index (χ0) is 15.5. The molecule has 1 aromatic carbocycles. The van der Waals surface area contributed by atoms with Gasteiger partial charge in [-0.25, -0.2) is 8.42 Å². The number of hydrogen-bond donors (Lipinski definition) is 1. The van der Waals surface area contributed by atoms with Crippen LogP contribution in [0, 0.1) is 0 Å². The normalized spacial score (nSPS) is 17.3. The third-order valence-electron chi connectivity index (χ3n) is 3.68. The van der Waals surface area contributed by atoms with Gasteiger partial charge in [0.25, 0.3) is 0 Å². The van der Waals surface area contributed by atoms with Crippen LogP contribution in [-0.2, 0) is 9.84 Å². The van der Waals surface area contributed by atoms with Gasteiger partial charge in [0.15, 0.2) is 21.3 Å².